The van der Waals surface area contributed by atoms with Crippen molar-refractivity contribution in [2.24, 2.45) is 0 Å². The van der Waals surface area contributed by atoms with Crippen LogP contribution in [0.15, 0.2) is 60.8 Å². The van der Waals surface area contributed by atoms with Gasteiger partial charge in [-0.25, -0.2) is 4.79 Å². The fourth-order valence-electron chi connectivity index (χ4n) is 4.14. The summed E-state index contributed by atoms with van der Waals surface area (Å²) in [6.07, 6.45) is 2.38. The summed E-state index contributed by atoms with van der Waals surface area (Å²) in [6, 6.07) is 16.8. The van der Waals surface area contributed by atoms with E-state index in [9.17, 15) is 9.59 Å². The van der Waals surface area contributed by atoms with Crippen LogP contribution in [-0.4, -0.2) is 54.0 Å². The van der Waals surface area contributed by atoms with Crippen molar-refractivity contribution in [3.05, 3.63) is 77.6 Å². The second kappa shape index (κ2) is 10.5. The molecule has 2 atom stereocenters. The molecule has 0 saturated carbocycles. The summed E-state index contributed by atoms with van der Waals surface area (Å²) in [6.45, 7) is 4.80. The molecule has 0 spiro atoms. The third kappa shape index (κ3) is 5.28. The van der Waals surface area contributed by atoms with Gasteiger partial charge in [-0.15, -0.1) is 0 Å². The number of nitrogens with zero attached hydrogens (tertiary/aromatic N) is 3. The fourth-order valence-corrected chi connectivity index (χ4v) is 4.14. The number of likely N-dealkylation sites (N-methyl/N-ethyl adjacent to an activating group) is 1. The van der Waals surface area contributed by atoms with Crippen LogP contribution in [-0.2, 0) is 22.5 Å². The van der Waals surface area contributed by atoms with Gasteiger partial charge >= 0.3 is 5.97 Å². The number of aromatic nitrogens is 2. The lowest BCUT2D eigenvalue weighted by Gasteiger charge is -2.23. The van der Waals surface area contributed by atoms with Crippen molar-refractivity contribution in [2.75, 3.05) is 25.2 Å². The lowest BCUT2D eigenvalue weighted by molar-refractivity contribution is -0.120. The first kappa shape index (κ1) is 23.5. The lowest BCUT2D eigenvalue weighted by Crippen LogP contribution is -2.50. The molecule has 0 bridgehead atoms. The lowest BCUT2D eigenvalue weighted by atomic mass is 10.1. The second-order valence-electron chi connectivity index (χ2n) is 8.41. The topological polar surface area (TPSA) is 85.7 Å². The molecule has 1 aromatic heterocycles. The molecule has 1 amide bonds. The van der Waals surface area contributed by atoms with Gasteiger partial charge in [-0.3, -0.25) is 9.48 Å². The van der Waals surface area contributed by atoms with Gasteiger partial charge in [0.05, 0.1) is 18.8 Å². The van der Waals surface area contributed by atoms with E-state index in [2.05, 4.69) is 10.4 Å². The molecule has 0 fully saturated rings. The van der Waals surface area contributed by atoms with Crippen molar-refractivity contribution in [3.8, 4) is 5.75 Å². The molecule has 8 heteroatoms. The number of esters is 1. The van der Waals surface area contributed by atoms with Crippen molar-refractivity contribution >= 4 is 17.6 Å². The fraction of sp³-hybridized carbons (Fsp3) is 0.346. The van der Waals surface area contributed by atoms with Crippen LogP contribution in [0.1, 0.15) is 35.5 Å². The average molecular weight is 463 g/mol. The average Bonchev–Trinajstić information content (AvgIpc) is 3.18. The predicted molar refractivity (Wildman–Crippen MR) is 129 cm³/mol. The smallest absolute Gasteiger partial charge is 0.359 e. The van der Waals surface area contributed by atoms with Crippen molar-refractivity contribution < 1.29 is 19.1 Å². The first-order valence-corrected chi connectivity index (χ1v) is 11.5. The number of carbonyl (C=O) groups is 2. The van der Waals surface area contributed by atoms with E-state index < -0.39 is 12.0 Å². The van der Waals surface area contributed by atoms with E-state index >= 15 is 0 Å². The highest BCUT2D eigenvalue weighted by molar-refractivity contribution is 5.98. The zero-order valence-electron chi connectivity index (χ0n) is 19.7. The van der Waals surface area contributed by atoms with Crippen LogP contribution >= 0.6 is 0 Å². The zero-order chi connectivity index (χ0) is 24.1. The number of anilines is 1. The maximum absolute atomic E-state index is 13.1. The van der Waals surface area contributed by atoms with Crippen molar-refractivity contribution in [3.63, 3.8) is 0 Å². The van der Waals surface area contributed by atoms with E-state index in [1.165, 1.54) is 0 Å². The molecule has 0 saturated heterocycles. The highest BCUT2D eigenvalue weighted by atomic mass is 16.5. The Morgan fingerprint density at radius 3 is 2.71 bits per heavy atom. The zero-order valence-corrected chi connectivity index (χ0v) is 19.7. The third-order valence-corrected chi connectivity index (χ3v) is 5.77. The number of hydrogen-bond donors (Lipinski definition) is 1. The second-order valence-corrected chi connectivity index (χ2v) is 8.41. The number of benzene rings is 2. The van der Waals surface area contributed by atoms with Crippen LogP contribution in [0.2, 0.25) is 0 Å². The molecule has 2 heterocycles. The maximum Gasteiger partial charge on any atom is 0.359 e. The molecule has 3 aromatic rings. The van der Waals surface area contributed by atoms with Crippen LogP contribution < -0.4 is 15.0 Å². The van der Waals surface area contributed by atoms with Gasteiger partial charge in [-0.1, -0.05) is 42.5 Å². The van der Waals surface area contributed by atoms with Gasteiger partial charge in [0.2, 0.25) is 5.91 Å². The Balaban J connectivity index is 1.49. The van der Waals surface area contributed by atoms with Gasteiger partial charge < -0.3 is 19.7 Å². The molecule has 0 radical (unpaired) electrons. The van der Waals surface area contributed by atoms with E-state index in [0.29, 0.717) is 24.4 Å². The van der Waals surface area contributed by atoms with Crippen LogP contribution in [0.5, 0.6) is 5.75 Å². The number of amides is 1. The Morgan fingerprint density at radius 1 is 1.21 bits per heavy atom. The maximum atomic E-state index is 13.1. The number of hydrogen-bond acceptors (Lipinski definition) is 6. The first-order chi connectivity index (χ1) is 16.5. The van der Waals surface area contributed by atoms with Gasteiger partial charge in [-0.2, -0.15) is 5.10 Å². The number of fused-ring (bicyclic) bond motifs is 1. The molecular weight excluding hydrogens is 432 g/mol. The summed E-state index contributed by atoms with van der Waals surface area (Å²) >= 11 is 0. The number of carbonyl (C=O) groups excluding carboxylic acids is 2. The predicted octanol–water partition coefficient (Wildman–Crippen LogP) is 3.05. The molecule has 4 rings (SSSR count). The van der Waals surface area contributed by atoms with E-state index in [1.807, 2.05) is 67.7 Å². The van der Waals surface area contributed by atoms with Crippen LogP contribution in [0.25, 0.3) is 0 Å². The SMILES string of the molecule is CCOC(=O)c1nn(Cc2ccccc2)cc1CC(C)NC1COc2ccccc2N(C)C1=O. The molecule has 1 aliphatic heterocycles. The molecule has 2 unspecified atom stereocenters. The monoisotopic (exact) mass is 462 g/mol. The quantitative estimate of drug-likeness (QED) is 0.518. The van der Waals surface area contributed by atoms with Crippen molar-refractivity contribution in [1.29, 1.82) is 0 Å². The van der Waals surface area contributed by atoms with Gasteiger partial charge in [0.15, 0.2) is 5.69 Å². The molecule has 34 heavy (non-hydrogen) atoms. The molecule has 1 N–H and O–H groups in total. The summed E-state index contributed by atoms with van der Waals surface area (Å²) in [4.78, 5) is 27.2. The minimum absolute atomic E-state index is 0.0674. The Bertz CT molecular complexity index is 1140. The highest BCUT2D eigenvalue weighted by Gasteiger charge is 2.30. The molecule has 1 aliphatic rings. The summed E-state index contributed by atoms with van der Waals surface area (Å²) < 4.78 is 12.9. The van der Waals surface area contributed by atoms with Gasteiger partial charge in [0.25, 0.3) is 0 Å². The molecule has 8 nitrogen and oxygen atoms in total. The minimum atomic E-state index is -0.516. The van der Waals surface area contributed by atoms with Gasteiger partial charge in [-0.05, 0) is 38.0 Å². The normalized spacial score (nSPS) is 16.4. The molecule has 178 valence electrons. The molecular formula is C26H30N4O4. The van der Waals surface area contributed by atoms with Crippen LogP contribution in [0, 0.1) is 0 Å². The van der Waals surface area contributed by atoms with E-state index in [4.69, 9.17) is 9.47 Å². The summed E-state index contributed by atoms with van der Waals surface area (Å²) in [5.41, 5.74) is 2.91. The number of rotatable bonds is 8. The number of para-hydroxylation sites is 2. The Kier molecular flexibility index (Phi) is 7.27. The largest absolute Gasteiger partial charge is 0.489 e. The standard InChI is InChI=1S/C26H30N4O4/c1-4-33-26(32)24-20(16-30(28-24)15-19-10-6-5-7-11-19)14-18(2)27-21-17-34-23-13-9-8-12-22(23)29(3)25(21)31/h5-13,16,18,21,27H,4,14-15,17H2,1-3H3. The minimum Gasteiger partial charge on any atom is -0.489 e. The van der Waals surface area contributed by atoms with Gasteiger partial charge in [0.1, 0.15) is 18.4 Å². The highest BCUT2D eigenvalue weighted by Crippen LogP contribution is 2.30. The van der Waals surface area contributed by atoms with Crippen LogP contribution in [0.3, 0.4) is 0 Å². The third-order valence-electron chi connectivity index (χ3n) is 5.77. The summed E-state index contributed by atoms with van der Waals surface area (Å²) in [7, 11) is 1.75. The molecule has 2 aromatic carbocycles. The Hall–Kier alpha value is -3.65. The van der Waals surface area contributed by atoms with E-state index in [0.717, 1.165) is 16.8 Å². The Morgan fingerprint density at radius 2 is 1.94 bits per heavy atom. The molecule has 0 aliphatic carbocycles. The Labute approximate surface area is 199 Å². The van der Waals surface area contributed by atoms with Crippen molar-refractivity contribution in [1.82, 2.24) is 15.1 Å². The summed E-state index contributed by atoms with van der Waals surface area (Å²) in [5, 5.41) is 7.88. The van der Waals surface area contributed by atoms with Crippen molar-refractivity contribution in [2.45, 2.75) is 38.9 Å². The number of ether oxygens (including phenoxy) is 2. The summed E-state index contributed by atoms with van der Waals surface area (Å²) in [5.74, 6) is 0.171. The van der Waals surface area contributed by atoms with Gasteiger partial charge in [0, 0.05) is 24.8 Å². The van der Waals surface area contributed by atoms with E-state index in [1.54, 1.807) is 23.6 Å². The number of nitrogens with one attached hydrogen (secondary N) is 1. The first-order valence-electron chi connectivity index (χ1n) is 11.5. The van der Waals surface area contributed by atoms with E-state index in [-0.39, 0.29) is 25.2 Å². The van der Waals surface area contributed by atoms with Crippen LogP contribution in [0.4, 0.5) is 5.69 Å².